The van der Waals surface area contributed by atoms with Gasteiger partial charge in [0.2, 0.25) is 5.88 Å². The number of hydrogen-bond donors (Lipinski definition) is 1. The molecule has 0 radical (unpaired) electrons. The van der Waals surface area contributed by atoms with Crippen LogP contribution in [0.2, 0.25) is 5.02 Å². The molecular weight excluding hydrogens is 304 g/mol. The van der Waals surface area contributed by atoms with Gasteiger partial charge >= 0.3 is 0 Å². The standard InChI is InChI=1S/C16H15ClN2OS/c1-8-4-5-11(6-9(8)2)12-14(19-20-16(12)18)15-13(17)10(3)7-21-15/h4-7H,18H2,1-3H3. The molecule has 0 amide bonds. The molecule has 0 aliphatic rings. The third-order valence-electron chi connectivity index (χ3n) is 3.63. The topological polar surface area (TPSA) is 52.0 Å². The highest BCUT2D eigenvalue weighted by Crippen LogP contribution is 2.43. The zero-order valence-corrected chi connectivity index (χ0v) is 13.6. The van der Waals surface area contributed by atoms with Crippen LogP contribution in [0.5, 0.6) is 0 Å². The highest BCUT2D eigenvalue weighted by molar-refractivity contribution is 7.14. The summed E-state index contributed by atoms with van der Waals surface area (Å²) in [4.78, 5) is 0.892. The molecule has 0 unspecified atom stereocenters. The van der Waals surface area contributed by atoms with Crippen molar-refractivity contribution in [2.24, 2.45) is 0 Å². The van der Waals surface area contributed by atoms with Crippen molar-refractivity contribution in [3.8, 4) is 21.7 Å². The van der Waals surface area contributed by atoms with Gasteiger partial charge in [0.25, 0.3) is 0 Å². The second-order valence-corrected chi connectivity index (χ2v) is 6.39. The van der Waals surface area contributed by atoms with Crippen LogP contribution in [0.3, 0.4) is 0 Å². The Labute approximate surface area is 132 Å². The van der Waals surface area contributed by atoms with Crippen molar-refractivity contribution in [2.45, 2.75) is 20.8 Å². The van der Waals surface area contributed by atoms with Gasteiger partial charge in [0.15, 0.2) is 0 Å². The van der Waals surface area contributed by atoms with Gasteiger partial charge in [0.05, 0.1) is 15.5 Å². The van der Waals surface area contributed by atoms with Crippen molar-refractivity contribution in [1.29, 1.82) is 0 Å². The van der Waals surface area contributed by atoms with E-state index in [1.54, 1.807) is 11.3 Å². The summed E-state index contributed by atoms with van der Waals surface area (Å²) in [7, 11) is 0. The zero-order valence-electron chi connectivity index (χ0n) is 12.0. The largest absolute Gasteiger partial charge is 0.367 e. The van der Waals surface area contributed by atoms with E-state index >= 15 is 0 Å². The van der Waals surface area contributed by atoms with E-state index in [0.29, 0.717) is 16.6 Å². The zero-order chi connectivity index (χ0) is 15.1. The quantitative estimate of drug-likeness (QED) is 0.703. The molecule has 3 nitrogen and oxygen atoms in total. The van der Waals surface area contributed by atoms with Crippen LogP contribution in [-0.4, -0.2) is 5.16 Å². The first-order chi connectivity index (χ1) is 9.99. The lowest BCUT2D eigenvalue weighted by molar-refractivity contribution is 0.439. The smallest absolute Gasteiger partial charge is 0.230 e. The van der Waals surface area contributed by atoms with Crippen LogP contribution in [-0.2, 0) is 0 Å². The van der Waals surface area contributed by atoms with Crippen LogP contribution in [0.1, 0.15) is 16.7 Å². The number of aromatic nitrogens is 1. The van der Waals surface area contributed by atoms with Gasteiger partial charge in [-0.2, -0.15) is 0 Å². The molecule has 108 valence electrons. The number of nitrogen functional groups attached to an aromatic ring is 1. The number of rotatable bonds is 2. The summed E-state index contributed by atoms with van der Waals surface area (Å²) >= 11 is 7.91. The highest BCUT2D eigenvalue weighted by Gasteiger charge is 2.21. The molecule has 2 N–H and O–H groups in total. The Morgan fingerprint density at radius 2 is 1.90 bits per heavy atom. The van der Waals surface area contributed by atoms with Crippen LogP contribution < -0.4 is 5.73 Å². The van der Waals surface area contributed by atoms with E-state index in [4.69, 9.17) is 21.9 Å². The van der Waals surface area contributed by atoms with E-state index in [0.717, 1.165) is 21.6 Å². The fraction of sp³-hybridized carbons (Fsp3) is 0.188. The Kier molecular flexibility index (Phi) is 3.51. The number of nitrogens with two attached hydrogens (primary N) is 1. The fourth-order valence-corrected chi connectivity index (χ4v) is 3.49. The van der Waals surface area contributed by atoms with Crippen molar-refractivity contribution < 1.29 is 4.52 Å². The maximum Gasteiger partial charge on any atom is 0.230 e. The summed E-state index contributed by atoms with van der Waals surface area (Å²) in [5.41, 5.74) is 12.0. The van der Waals surface area contributed by atoms with E-state index in [-0.39, 0.29) is 0 Å². The van der Waals surface area contributed by atoms with E-state index in [2.05, 4.69) is 31.1 Å². The van der Waals surface area contributed by atoms with Crippen LogP contribution in [0.4, 0.5) is 5.88 Å². The summed E-state index contributed by atoms with van der Waals surface area (Å²) in [6.07, 6.45) is 0. The molecule has 0 saturated carbocycles. The first-order valence-corrected chi connectivity index (χ1v) is 7.81. The van der Waals surface area contributed by atoms with Gasteiger partial charge in [-0.3, -0.25) is 0 Å². The predicted octanol–water partition coefficient (Wildman–Crippen LogP) is 5.23. The Bertz CT molecular complexity index is 820. The second kappa shape index (κ2) is 5.20. The molecule has 0 saturated heterocycles. The molecule has 0 bridgehead atoms. The molecule has 2 heterocycles. The van der Waals surface area contributed by atoms with Gasteiger partial charge in [-0.05, 0) is 48.4 Å². The Morgan fingerprint density at radius 3 is 2.52 bits per heavy atom. The van der Waals surface area contributed by atoms with Crippen molar-refractivity contribution in [2.75, 3.05) is 5.73 Å². The average molecular weight is 319 g/mol. The lowest BCUT2D eigenvalue weighted by Crippen LogP contribution is -1.89. The summed E-state index contributed by atoms with van der Waals surface area (Å²) in [6.45, 7) is 6.13. The molecule has 0 aliphatic heterocycles. The number of aryl methyl sites for hydroxylation is 3. The van der Waals surface area contributed by atoms with E-state index < -0.39 is 0 Å². The predicted molar refractivity (Wildman–Crippen MR) is 88.9 cm³/mol. The Morgan fingerprint density at radius 1 is 1.14 bits per heavy atom. The molecule has 2 aromatic heterocycles. The molecule has 3 aromatic rings. The maximum absolute atomic E-state index is 6.36. The number of anilines is 1. The number of halogens is 1. The van der Waals surface area contributed by atoms with E-state index in [1.807, 2.05) is 18.4 Å². The third-order valence-corrected chi connectivity index (χ3v) is 5.33. The fourth-order valence-electron chi connectivity index (χ4n) is 2.22. The van der Waals surface area contributed by atoms with Crippen molar-refractivity contribution in [1.82, 2.24) is 5.16 Å². The minimum atomic E-state index is 0.315. The van der Waals surface area contributed by atoms with Crippen molar-refractivity contribution in [3.63, 3.8) is 0 Å². The van der Waals surface area contributed by atoms with Crippen molar-refractivity contribution in [3.05, 3.63) is 45.3 Å². The Balaban J connectivity index is 2.22. The first-order valence-electron chi connectivity index (χ1n) is 6.55. The van der Waals surface area contributed by atoms with E-state index in [9.17, 15) is 0 Å². The van der Waals surface area contributed by atoms with Gasteiger partial charge < -0.3 is 10.3 Å². The van der Waals surface area contributed by atoms with Crippen LogP contribution in [0.25, 0.3) is 21.7 Å². The number of thiophene rings is 1. The maximum atomic E-state index is 6.36. The minimum Gasteiger partial charge on any atom is -0.367 e. The van der Waals surface area contributed by atoms with E-state index in [1.165, 1.54) is 11.1 Å². The minimum absolute atomic E-state index is 0.315. The van der Waals surface area contributed by atoms with Gasteiger partial charge in [0.1, 0.15) is 5.69 Å². The molecule has 21 heavy (non-hydrogen) atoms. The monoisotopic (exact) mass is 318 g/mol. The normalized spacial score (nSPS) is 11.0. The highest BCUT2D eigenvalue weighted by atomic mass is 35.5. The third kappa shape index (κ3) is 2.34. The molecule has 0 aliphatic carbocycles. The van der Waals surface area contributed by atoms with Crippen LogP contribution in [0, 0.1) is 20.8 Å². The van der Waals surface area contributed by atoms with Gasteiger partial charge in [-0.1, -0.05) is 35.0 Å². The molecule has 0 spiro atoms. The van der Waals surface area contributed by atoms with Crippen LogP contribution in [0.15, 0.2) is 28.1 Å². The second-order valence-electron chi connectivity index (χ2n) is 5.13. The average Bonchev–Trinajstić information content (AvgIpc) is 2.98. The lowest BCUT2D eigenvalue weighted by Gasteiger charge is -2.05. The van der Waals surface area contributed by atoms with Gasteiger partial charge in [-0.15, -0.1) is 11.3 Å². The van der Waals surface area contributed by atoms with Gasteiger partial charge in [0, 0.05) is 0 Å². The summed E-state index contributed by atoms with van der Waals surface area (Å²) < 4.78 is 5.21. The number of nitrogens with zero attached hydrogens (tertiary/aromatic N) is 1. The molecule has 0 atom stereocenters. The number of hydrogen-bond acceptors (Lipinski definition) is 4. The summed E-state index contributed by atoms with van der Waals surface area (Å²) in [6, 6.07) is 6.20. The van der Waals surface area contributed by atoms with Crippen molar-refractivity contribution >= 4 is 28.8 Å². The molecular formula is C16H15ClN2OS. The molecule has 1 aromatic carbocycles. The van der Waals surface area contributed by atoms with Gasteiger partial charge in [-0.25, -0.2) is 0 Å². The molecule has 3 rings (SSSR count). The summed E-state index contributed by atoms with van der Waals surface area (Å²) in [5, 5.41) is 6.83. The number of benzene rings is 1. The first kappa shape index (κ1) is 14.2. The van der Waals surface area contributed by atoms with Crippen LogP contribution >= 0.6 is 22.9 Å². The Hall–Kier alpha value is -1.78. The molecule has 0 fully saturated rings. The molecule has 5 heteroatoms. The summed E-state index contributed by atoms with van der Waals surface area (Å²) in [5.74, 6) is 0.315. The lowest BCUT2D eigenvalue weighted by atomic mass is 10.00. The SMILES string of the molecule is Cc1ccc(-c2c(-c3scc(C)c3Cl)noc2N)cc1C.